The van der Waals surface area contributed by atoms with Crippen LogP contribution in [0.1, 0.15) is 25.2 Å². The molecule has 100 valence electrons. The van der Waals surface area contributed by atoms with Gasteiger partial charge in [-0.3, -0.25) is 4.52 Å². The molecule has 0 saturated carbocycles. The van der Waals surface area contributed by atoms with Gasteiger partial charge in [0.2, 0.25) is 0 Å². The van der Waals surface area contributed by atoms with Crippen molar-refractivity contribution >= 4 is 6.09 Å². The predicted octanol–water partition coefficient (Wildman–Crippen LogP) is 1.82. The molecule has 2 aromatic rings. The van der Waals surface area contributed by atoms with Gasteiger partial charge in [0.05, 0.1) is 6.10 Å². The highest BCUT2D eigenvalue weighted by atomic mass is 16.6. The van der Waals surface area contributed by atoms with E-state index in [1.54, 1.807) is 13.8 Å². The molecule has 0 bridgehead atoms. The topological polar surface area (TPSA) is 74.3 Å². The Morgan fingerprint density at radius 3 is 2.68 bits per heavy atom. The van der Waals surface area contributed by atoms with Crippen LogP contribution in [0, 0.1) is 0 Å². The van der Waals surface area contributed by atoms with E-state index in [9.17, 15) is 9.59 Å². The quantitative estimate of drug-likeness (QED) is 0.843. The van der Waals surface area contributed by atoms with Gasteiger partial charge in [-0.15, -0.1) is 0 Å². The first-order valence-electron chi connectivity index (χ1n) is 5.90. The first-order valence-corrected chi connectivity index (χ1v) is 5.90. The van der Waals surface area contributed by atoms with E-state index in [0.717, 1.165) is 10.1 Å². The van der Waals surface area contributed by atoms with Crippen molar-refractivity contribution in [1.82, 2.24) is 9.72 Å². The van der Waals surface area contributed by atoms with Gasteiger partial charge >= 0.3 is 11.8 Å². The summed E-state index contributed by atoms with van der Waals surface area (Å²) >= 11 is 0. The van der Waals surface area contributed by atoms with Crippen LogP contribution in [0.5, 0.6) is 0 Å². The van der Waals surface area contributed by atoms with Crippen LogP contribution in [0.2, 0.25) is 0 Å². The third-order valence-corrected chi connectivity index (χ3v) is 2.39. The minimum Gasteiger partial charge on any atom is -0.446 e. The van der Waals surface area contributed by atoms with Gasteiger partial charge in [-0.1, -0.05) is 35.5 Å². The van der Waals surface area contributed by atoms with E-state index >= 15 is 0 Å². The molecule has 1 heterocycles. The number of hydrogen-bond donors (Lipinski definition) is 0. The fraction of sp³-hybridized carbons (Fsp3) is 0.308. The van der Waals surface area contributed by atoms with Crippen LogP contribution in [0.15, 0.2) is 39.6 Å². The molecule has 6 heteroatoms. The van der Waals surface area contributed by atoms with Gasteiger partial charge in [0.15, 0.2) is 5.82 Å². The Balaban J connectivity index is 2.28. The van der Waals surface area contributed by atoms with Crippen molar-refractivity contribution in [3.8, 4) is 0 Å². The average molecular weight is 262 g/mol. The van der Waals surface area contributed by atoms with Gasteiger partial charge in [-0.2, -0.15) is 4.57 Å². The smallest absolute Gasteiger partial charge is 0.446 e. The number of ether oxygens (including phenoxy) is 1. The molecule has 6 nitrogen and oxygen atoms in total. The second-order valence-electron chi connectivity index (χ2n) is 4.30. The third kappa shape index (κ3) is 3.09. The molecule has 0 fully saturated rings. The van der Waals surface area contributed by atoms with Crippen LogP contribution < -0.4 is 5.76 Å². The van der Waals surface area contributed by atoms with Crippen LogP contribution in [0.3, 0.4) is 0 Å². The Bertz CT molecular complexity index is 613. The van der Waals surface area contributed by atoms with E-state index in [2.05, 4.69) is 9.68 Å². The van der Waals surface area contributed by atoms with Crippen LogP contribution in [-0.4, -0.2) is 21.9 Å². The van der Waals surface area contributed by atoms with Gasteiger partial charge in [0, 0.05) is 6.42 Å². The molecule has 0 unspecified atom stereocenters. The Kier molecular flexibility index (Phi) is 3.79. The molecule has 0 aliphatic heterocycles. The summed E-state index contributed by atoms with van der Waals surface area (Å²) in [5.74, 6) is -0.613. The molecule has 0 spiro atoms. The number of carbonyl (C=O) groups excluding carboxylic acids is 1. The molecule has 1 aromatic carbocycles. The minimum absolute atomic E-state index is 0.224. The summed E-state index contributed by atoms with van der Waals surface area (Å²) in [6.07, 6.45) is -0.772. The van der Waals surface area contributed by atoms with Gasteiger partial charge in [0.1, 0.15) is 0 Å². The van der Waals surface area contributed by atoms with Crippen molar-refractivity contribution in [2.75, 3.05) is 0 Å². The number of hydrogen-bond acceptors (Lipinski definition) is 5. The van der Waals surface area contributed by atoms with E-state index in [0.29, 0.717) is 6.42 Å². The zero-order chi connectivity index (χ0) is 13.8. The van der Waals surface area contributed by atoms with E-state index in [4.69, 9.17) is 4.74 Å². The predicted molar refractivity (Wildman–Crippen MR) is 67.0 cm³/mol. The summed E-state index contributed by atoms with van der Waals surface area (Å²) in [7, 11) is 0. The maximum Gasteiger partial charge on any atom is 0.451 e. The highest BCUT2D eigenvalue weighted by molar-refractivity contribution is 5.70. The Hall–Kier alpha value is -2.37. The lowest BCUT2D eigenvalue weighted by Crippen LogP contribution is -2.28. The molecule has 0 N–H and O–H groups in total. The largest absolute Gasteiger partial charge is 0.451 e. The highest BCUT2D eigenvalue weighted by Crippen LogP contribution is 2.06. The molecular weight excluding hydrogens is 248 g/mol. The van der Waals surface area contributed by atoms with Crippen LogP contribution >= 0.6 is 0 Å². The summed E-state index contributed by atoms with van der Waals surface area (Å²) in [4.78, 5) is 23.3. The average Bonchev–Trinajstić information content (AvgIpc) is 2.71. The standard InChI is InChI=1S/C13H14N2O4/c1-9(2)18-12(16)15-11(14-19-13(15)17)8-10-6-4-3-5-7-10/h3-7,9H,8H2,1-2H3. The number of carbonyl (C=O) groups is 1. The first-order chi connectivity index (χ1) is 9.08. The molecule has 0 saturated heterocycles. The maximum absolute atomic E-state index is 11.8. The number of aromatic nitrogens is 2. The monoisotopic (exact) mass is 262 g/mol. The molecule has 0 aliphatic carbocycles. The Morgan fingerprint density at radius 1 is 1.37 bits per heavy atom. The molecule has 2 rings (SSSR count). The maximum atomic E-state index is 11.8. The van der Waals surface area contributed by atoms with Crippen molar-refractivity contribution in [1.29, 1.82) is 0 Å². The first kappa shape index (κ1) is 13.1. The fourth-order valence-corrected chi connectivity index (χ4v) is 1.60. The molecule has 19 heavy (non-hydrogen) atoms. The van der Waals surface area contributed by atoms with Crippen molar-refractivity contribution in [2.45, 2.75) is 26.4 Å². The molecule has 0 amide bonds. The third-order valence-electron chi connectivity index (χ3n) is 2.39. The second kappa shape index (κ2) is 5.51. The van der Waals surface area contributed by atoms with E-state index in [-0.39, 0.29) is 11.9 Å². The van der Waals surface area contributed by atoms with Gasteiger partial charge in [-0.05, 0) is 19.4 Å². The van der Waals surface area contributed by atoms with E-state index in [1.807, 2.05) is 30.3 Å². The zero-order valence-electron chi connectivity index (χ0n) is 10.7. The van der Waals surface area contributed by atoms with Gasteiger partial charge in [0.25, 0.3) is 0 Å². The summed E-state index contributed by atoms with van der Waals surface area (Å²) in [6, 6.07) is 9.36. The Morgan fingerprint density at radius 2 is 2.05 bits per heavy atom. The molecule has 0 atom stereocenters. The van der Waals surface area contributed by atoms with E-state index in [1.165, 1.54) is 0 Å². The van der Waals surface area contributed by atoms with Crippen molar-refractivity contribution in [3.63, 3.8) is 0 Å². The number of rotatable bonds is 3. The van der Waals surface area contributed by atoms with Crippen LogP contribution in [-0.2, 0) is 11.2 Å². The van der Waals surface area contributed by atoms with Crippen LogP contribution in [0.4, 0.5) is 4.79 Å². The lowest BCUT2D eigenvalue weighted by molar-refractivity contribution is 0.115. The lowest BCUT2D eigenvalue weighted by Gasteiger charge is -2.08. The van der Waals surface area contributed by atoms with Crippen molar-refractivity contribution < 1.29 is 14.1 Å². The van der Waals surface area contributed by atoms with Gasteiger partial charge in [-0.25, -0.2) is 9.59 Å². The van der Waals surface area contributed by atoms with Crippen LogP contribution in [0.25, 0.3) is 0 Å². The minimum atomic E-state index is -0.836. The summed E-state index contributed by atoms with van der Waals surface area (Å²) in [6.45, 7) is 3.40. The molecule has 0 radical (unpaired) electrons. The fourth-order valence-electron chi connectivity index (χ4n) is 1.60. The summed E-state index contributed by atoms with van der Waals surface area (Å²) < 4.78 is 10.3. The van der Waals surface area contributed by atoms with E-state index < -0.39 is 11.8 Å². The normalized spacial score (nSPS) is 10.7. The second-order valence-corrected chi connectivity index (χ2v) is 4.30. The molecular formula is C13H14N2O4. The Labute approximate surface area is 109 Å². The SMILES string of the molecule is CC(C)OC(=O)n1c(Cc2ccccc2)noc1=O. The molecule has 0 aliphatic rings. The number of benzene rings is 1. The lowest BCUT2D eigenvalue weighted by atomic mass is 10.1. The summed E-state index contributed by atoms with van der Waals surface area (Å²) in [5.41, 5.74) is 0.918. The van der Waals surface area contributed by atoms with Crippen molar-refractivity contribution in [3.05, 3.63) is 52.3 Å². The zero-order valence-corrected chi connectivity index (χ0v) is 10.7. The summed E-state index contributed by atoms with van der Waals surface area (Å²) in [5, 5.41) is 3.61. The molecule has 1 aromatic heterocycles. The number of nitrogens with zero attached hydrogens (tertiary/aromatic N) is 2. The van der Waals surface area contributed by atoms with Gasteiger partial charge < -0.3 is 4.74 Å². The van der Waals surface area contributed by atoms with Crippen molar-refractivity contribution in [2.24, 2.45) is 0 Å². The highest BCUT2D eigenvalue weighted by Gasteiger charge is 2.20.